The second-order valence-corrected chi connectivity index (χ2v) is 11.6. The number of aromatic nitrogens is 4. The van der Waals surface area contributed by atoms with Crippen LogP contribution in [0, 0.1) is 13.8 Å². The highest BCUT2D eigenvalue weighted by molar-refractivity contribution is 7.92. The number of rotatable bonds is 10. The monoisotopic (exact) mass is 576 g/mol. The van der Waals surface area contributed by atoms with Gasteiger partial charge in [0.2, 0.25) is 17.7 Å². The lowest BCUT2D eigenvalue weighted by molar-refractivity contribution is -0.139. The summed E-state index contributed by atoms with van der Waals surface area (Å²) in [5.74, 6) is 0.864. The molecule has 3 heterocycles. The molecule has 1 fully saturated rings. The zero-order valence-electron chi connectivity index (χ0n) is 23.4. The van der Waals surface area contributed by atoms with E-state index in [9.17, 15) is 13.2 Å². The smallest absolute Gasteiger partial charge is 0.267 e. The van der Waals surface area contributed by atoms with E-state index in [1.165, 1.54) is 17.1 Å². The molecule has 11 nitrogen and oxygen atoms in total. The Morgan fingerprint density at radius 2 is 1.78 bits per heavy atom. The summed E-state index contributed by atoms with van der Waals surface area (Å²) in [5.41, 5.74) is 4.25. The van der Waals surface area contributed by atoms with Crippen LogP contribution in [0.4, 0.5) is 5.95 Å². The lowest BCUT2D eigenvalue weighted by atomic mass is 10.00. The number of hydrogen-bond acceptors (Lipinski definition) is 8. The van der Waals surface area contributed by atoms with Gasteiger partial charge < -0.3 is 14.4 Å². The Bertz CT molecular complexity index is 1640. The number of nitrogens with zero attached hydrogens (tertiary/aromatic N) is 5. The van der Waals surface area contributed by atoms with Gasteiger partial charge in [-0.15, -0.1) is 0 Å². The molecule has 1 saturated heterocycles. The van der Waals surface area contributed by atoms with Gasteiger partial charge in [0.1, 0.15) is 16.7 Å². The molecule has 12 heteroatoms. The van der Waals surface area contributed by atoms with Gasteiger partial charge in [-0.25, -0.2) is 18.1 Å². The fourth-order valence-electron chi connectivity index (χ4n) is 4.64. The van der Waals surface area contributed by atoms with Crippen molar-refractivity contribution in [2.45, 2.75) is 38.2 Å². The van der Waals surface area contributed by atoms with E-state index in [4.69, 9.17) is 9.47 Å². The number of anilines is 1. The summed E-state index contributed by atoms with van der Waals surface area (Å²) >= 11 is 0. The molecule has 0 spiro atoms. The number of ether oxygens (including phenoxy) is 2. The normalized spacial score (nSPS) is 13.5. The minimum Gasteiger partial charge on any atom is -0.494 e. The Kier molecular flexibility index (Phi) is 7.93. The minimum absolute atomic E-state index is 0.00200. The average molecular weight is 577 g/mol. The van der Waals surface area contributed by atoms with Gasteiger partial charge in [0, 0.05) is 24.9 Å². The average Bonchev–Trinajstić information content (AvgIpc) is 3.34. The summed E-state index contributed by atoms with van der Waals surface area (Å²) in [7, 11) is -2.35. The van der Waals surface area contributed by atoms with Crippen molar-refractivity contribution in [2.24, 2.45) is 7.05 Å². The Balaban J connectivity index is 1.32. The van der Waals surface area contributed by atoms with Crippen LogP contribution in [0.5, 0.6) is 11.6 Å². The molecule has 0 aliphatic carbocycles. The summed E-state index contributed by atoms with van der Waals surface area (Å²) in [6, 6.07) is 15.1. The first-order valence-electron chi connectivity index (χ1n) is 13.2. The summed E-state index contributed by atoms with van der Waals surface area (Å²) in [5, 5.41) is 3.94. The first kappa shape index (κ1) is 28.1. The van der Waals surface area contributed by atoms with Crippen LogP contribution >= 0.6 is 0 Å². The number of sulfonamides is 1. The Morgan fingerprint density at radius 3 is 2.41 bits per heavy atom. The molecule has 1 amide bonds. The van der Waals surface area contributed by atoms with Gasteiger partial charge in [-0.05, 0) is 49.6 Å². The summed E-state index contributed by atoms with van der Waals surface area (Å²) in [6.07, 6.45) is 2.64. The fraction of sp³-hybridized carbons (Fsp3) is 0.310. The molecular weight excluding hydrogens is 544 g/mol. The van der Waals surface area contributed by atoms with E-state index in [2.05, 4.69) is 19.8 Å². The molecule has 2 aromatic carbocycles. The molecule has 1 aliphatic rings. The first-order valence-corrected chi connectivity index (χ1v) is 14.7. The van der Waals surface area contributed by atoms with Crippen LogP contribution < -0.4 is 14.2 Å². The molecule has 214 valence electrons. The molecule has 0 saturated carbocycles. The lowest BCUT2D eigenvalue weighted by Crippen LogP contribution is -2.56. The maximum absolute atomic E-state index is 13.0. The Morgan fingerprint density at radius 1 is 1.07 bits per heavy atom. The maximum Gasteiger partial charge on any atom is 0.267 e. The van der Waals surface area contributed by atoms with Crippen molar-refractivity contribution >= 4 is 21.9 Å². The molecule has 41 heavy (non-hydrogen) atoms. The van der Waals surface area contributed by atoms with E-state index in [0.29, 0.717) is 25.4 Å². The van der Waals surface area contributed by atoms with E-state index in [-0.39, 0.29) is 35.2 Å². The molecule has 2 aromatic heterocycles. The SMILES string of the molecule is CCOc1ccc(CC(=O)N2CC(Oc3cc(-c4c(C)cccc4C)nc(NS(=O)(=O)c4cnn(C)c4)n3)C2)cc1. The molecule has 0 unspecified atom stereocenters. The topological polar surface area (TPSA) is 129 Å². The van der Waals surface area contributed by atoms with Gasteiger partial charge in [-0.3, -0.25) is 9.48 Å². The standard InChI is InChI=1S/C29H32N6O5S/c1-5-39-22-11-9-21(10-12-22)13-27(36)35-16-23(17-35)40-26-14-25(28-19(2)7-6-8-20(28)3)31-29(32-26)33-41(37,38)24-15-30-34(4)18-24/h6-12,14-15,18,23H,5,13,16-17H2,1-4H3,(H,31,32,33). The quantitative estimate of drug-likeness (QED) is 0.304. The van der Waals surface area contributed by atoms with Crippen molar-refractivity contribution in [1.82, 2.24) is 24.6 Å². The van der Waals surface area contributed by atoms with Crippen LogP contribution in [-0.2, 0) is 28.3 Å². The van der Waals surface area contributed by atoms with Crippen molar-refractivity contribution < 1.29 is 22.7 Å². The zero-order chi connectivity index (χ0) is 29.1. The Labute approximate surface area is 239 Å². The van der Waals surface area contributed by atoms with Crippen molar-refractivity contribution in [3.05, 3.63) is 77.6 Å². The van der Waals surface area contributed by atoms with E-state index < -0.39 is 10.0 Å². The van der Waals surface area contributed by atoms with Crippen LogP contribution in [0.2, 0.25) is 0 Å². The molecule has 5 rings (SSSR count). The number of aryl methyl sites for hydroxylation is 3. The molecule has 1 aliphatic heterocycles. The fourth-order valence-corrected chi connectivity index (χ4v) is 5.56. The Hall–Kier alpha value is -4.45. The molecule has 1 N–H and O–H groups in total. The summed E-state index contributed by atoms with van der Waals surface area (Å²) in [6.45, 7) is 7.23. The molecule has 4 aromatic rings. The second-order valence-electron chi connectivity index (χ2n) is 9.93. The van der Waals surface area contributed by atoms with Crippen LogP contribution in [-0.4, -0.2) is 64.8 Å². The van der Waals surface area contributed by atoms with Gasteiger partial charge in [0.25, 0.3) is 10.0 Å². The minimum atomic E-state index is -3.98. The number of nitrogens with one attached hydrogen (secondary N) is 1. The van der Waals surface area contributed by atoms with Crippen molar-refractivity contribution in [1.29, 1.82) is 0 Å². The van der Waals surface area contributed by atoms with Gasteiger partial charge in [0.15, 0.2) is 0 Å². The summed E-state index contributed by atoms with van der Waals surface area (Å²) < 4.78 is 41.4. The van der Waals surface area contributed by atoms with E-state index in [1.807, 2.05) is 63.2 Å². The van der Waals surface area contributed by atoms with Crippen LogP contribution in [0.15, 0.2) is 65.8 Å². The van der Waals surface area contributed by atoms with E-state index in [0.717, 1.165) is 28.0 Å². The predicted molar refractivity (Wildman–Crippen MR) is 153 cm³/mol. The molecule has 0 bridgehead atoms. The largest absolute Gasteiger partial charge is 0.494 e. The highest BCUT2D eigenvalue weighted by Crippen LogP contribution is 2.30. The third-order valence-electron chi connectivity index (χ3n) is 6.73. The number of carbonyl (C=O) groups excluding carboxylic acids is 1. The molecular formula is C29H32N6O5S. The van der Waals surface area contributed by atoms with Crippen LogP contribution in [0.25, 0.3) is 11.3 Å². The van der Waals surface area contributed by atoms with Gasteiger partial charge >= 0.3 is 0 Å². The predicted octanol–water partition coefficient (Wildman–Crippen LogP) is 3.53. The van der Waals surface area contributed by atoms with Gasteiger partial charge in [-0.2, -0.15) is 10.1 Å². The van der Waals surface area contributed by atoms with Crippen LogP contribution in [0.1, 0.15) is 23.6 Å². The highest BCUT2D eigenvalue weighted by Gasteiger charge is 2.33. The number of amides is 1. The van der Waals surface area contributed by atoms with Crippen molar-refractivity contribution in [3.8, 4) is 22.9 Å². The third-order valence-corrected chi connectivity index (χ3v) is 8.02. The van der Waals surface area contributed by atoms with E-state index >= 15 is 0 Å². The van der Waals surface area contributed by atoms with E-state index in [1.54, 1.807) is 18.0 Å². The number of carbonyl (C=O) groups is 1. The number of hydrogen-bond donors (Lipinski definition) is 1. The van der Waals surface area contributed by atoms with Gasteiger partial charge in [0.05, 0.1) is 38.0 Å². The van der Waals surface area contributed by atoms with Crippen molar-refractivity contribution in [2.75, 3.05) is 24.4 Å². The van der Waals surface area contributed by atoms with Crippen LogP contribution in [0.3, 0.4) is 0 Å². The third kappa shape index (κ3) is 6.49. The second kappa shape index (κ2) is 11.6. The number of benzene rings is 2. The molecule has 0 atom stereocenters. The summed E-state index contributed by atoms with van der Waals surface area (Å²) in [4.78, 5) is 23.4. The first-order chi connectivity index (χ1) is 19.6. The van der Waals surface area contributed by atoms with Crippen molar-refractivity contribution in [3.63, 3.8) is 0 Å². The van der Waals surface area contributed by atoms with Gasteiger partial charge in [-0.1, -0.05) is 30.3 Å². The highest BCUT2D eigenvalue weighted by atomic mass is 32.2. The lowest BCUT2D eigenvalue weighted by Gasteiger charge is -2.38. The zero-order valence-corrected chi connectivity index (χ0v) is 24.2. The number of likely N-dealkylation sites (tertiary alicyclic amines) is 1. The maximum atomic E-state index is 13.0. The molecule has 0 radical (unpaired) electrons.